The summed E-state index contributed by atoms with van der Waals surface area (Å²) in [5, 5.41) is 6.85. The van der Waals surface area contributed by atoms with Crippen molar-refractivity contribution in [1.82, 2.24) is 9.78 Å². The van der Waals surface area contributed by atoms with Gasteiger partial charge < -0.3 is 5.32 Å². The van der Waals surface area contributed by atoms with E-state index in [0.29, 0.717) is 11.1 Å². The van der Waals surface area contributed by atoms with Gasteiger partial charge in [0.05, 0.1) is 11.5 Å². The van der Waals surface area contributed by atoms with E-state index in [1.807, 2.05) is 0 Å². The lowest BCUT2D eigenvalue weighted by atomic mass is 10.6. The zero-order valence-corrected chi connectivity index (χ0v) is 7.63. The van der Waals surface area contributed by atoms with E-state index in [-0.39, 0.29) is 5.91 Å². The average Bonchev–Trinajstić information content (AvgIpc) is 2.37. The molecule has 1 heterocycles. The first-order chi connectivity index (χ1) is 5.24. The molecule has 1 aromatic heterocycles. The summed E-state index contributed by atoms with van der Waals surface area (Å²) in [5.74, 6) is 0.628. The molecule has 4 nitrogen and oxygen atoms in total. The number of anilines is 1. The molecule has 60 valence electrons. The summed E-state index contributed by atoms with van der Waals surface area (Å²) in [6, 6.07) is 1.74. The van der Waals surface area contributed by atoms with Crippen LogP contribution in [0.5, 0.6) is 0 Å². The lowest BCUT2D eigenvalue weighted by Gasteiger charge is -2.01. The normalized spacial score (nSPS) is 9.64. The second-order valence-electron chi connectivity index (χ2n) is 2.02. The second kappa shape index (κ2) is 3.52. The third-order valence-electron chi connectivity index (χ3n) is 1.21. The second-order valence-corrected chi connectivity index (χ2v) is 2.58. The highest BCUT2D eigenvalue weighted by molar-refractivity contribution is 9.09. The Morgan fingerprint density at radius 2 is 2.64 bits per heavy atom. The van der Waals surface area contributed by atoms with Crippen LogP contribution in [0.4, 0.5) is 5.82 Å². The molecule has 1 N–H and O–H groups in total. The zero-order chi connectivity index (χ0) is 8.27. The van der Waals surface area contributed by atoms with Gasteiger partial charge in [0, 0.05) is 13.1 Å². The van der Waals surface area contributed by atoms with Gasteiger partial charge in [0.15, 0.2) is 0 Å². The number of aromatic nitrogens is 2. The maximum atomic E-state index is 10.8. The van der Waals surface area contributed by atoms with Crippen LogP contribution in [0.2, 0.25) is 0 Å². The lowest BCUT2D eigenvalue weighted by molar-refractivity contribution is -0.113. The maximum Gasteiger partial charge on any atom is 0.236 e. The molecule has 0 saturated heterocycles. The van der Waals surface area contributed by atoms with E-state index in [1.54, 1.807) is 24.0 Å². The molecule has 1 rings (SSSR count). The predicted molar refractivity (Wildman–Crippen MR) is 45.6 cm³/mol. The fourth-order valence-electron chi connectivity index (χ4n) is 0.673. The summed E-state index contributed by atoms with van der Waals surface area (Å²) in [6.45, 7) is 0. The molecule has 0 fully saturated rings. The zero-order valence-electron chi connectivity index (χ0n) is 6.04. The minimum Gasteiger partial charge on any atom is -0.310 e. The predicted octanol–water partition coefficient (Wildman–Crippen LogP) is 0.754. The van der Waals surface area contributed by atoms with Gasteiger partial charge >= 0.3 is 0 Å². The van der Waals surface area contributed by atoms with Gasteiger partial charge in [-0.3, -0.25) is 9.48 Å². The van der Waals surface area contributed by atoms with Gasteiger partial charge in [0.25, 0.3) is 0 Å². The van der Waals surface area contributed by atoms with Gasteiger partial charge in [-0.2, -0.15) is 5.10 Å². The van der Waals surface area contributed by atoms with Crippen LogP contribution in [0.15, 0.2) is 12.3 Å². The van der Waals surface area contributed by atoms with Crippen LogP contribution in [0, 0.1) is 0 Å². The van der Waals surface area contributed by atoms with Crippen LogP contribution in [-0.2, 0) is 11.8 Å². The van der Waals surface area contributed by atoms with Crippen molar-refractivity contribution in [1.29, 1.82) is 0 Å². The van der Waals surface area contributed by atoms with Crippen molar-refractivity contribution in [2.45, 2.75) is 0 Å². The van der Waals surface area contributed by atoms with Crippen LogP contribution in [-0.4, -0.2) is 21.0 Å². The Hall–Kier alpha value is -0.840. The smallest absolute Gasteiger partial charge is 0.236 e. The maximum absolute atomic E-state index is 10.8. The molecule has 0 unspecified atom stereocenters. The molecule has 0 spiro atoms. The Labute approximate surface area is 72.7 Å². The van der Waals surface area contributed by atoms with E-state index in [2.05, 4.69) is 26.3 Å². The van der Waals surface area contributed by atoms with Crippen molar-refractivity contribution in [3.05, 3.63) is 12.3 Å². The first-order valence-corrected chi connectivity index (χ1v) is 4.20. The van der Waals surface area contributed by atoms with Crippen LogP contribution in [0.1, 0.15) is 0 Å². The molecule has 0 saturated carbocycles. The third-order valence-corrected chi connectivity index (χ3v) is 1.72. The number of carbonyl (C=O) groups is 1. The van der Waals surface area contributed by atoms with E-state index in [0.717, 1.165) is 0 Å². The highest BCUT2D eigenvalue weighted by Gasteiger charge is 2.01. The number of nitrogens with zero attached hydrogens (tertiary/aromatic N) is 2. The first kappa shape index (κ1) is 8.26. The molecule has 0 atom stereocenters. The summed E-state index contributed by atoms with van der Waals surface area (Å²) in [6.07, 6.45) is 1.63. The number of amides is 1. The van der Waals surface area contributed by atoms with Crippen molar-refractivity contribution in [2.24, 2.45) is 7.05 Å². The van der Waals surface area contributed by atoms with Gasteiger partial charge in [0.2, 0.25) is 5.91 Å². The number of rotatable bonds is 2. The molecule has 0 aliphatic heterocycles. The summed E-state index contributed by atoms with van der Waals surface area (Å²) in [5.41, 5.74) is 0. The van der Waals surface area contributed by atoms with E-state index in [9.17, 15) is 4.79 Å². The van der Waals surface area contributed by atoms with Gasteiger partial charge in [-0.25, -0.2) is 0 Å². The van der Waals surface area contributed by atoms with Gasteiger partial charge in [0.1, 0.15) is 5.82 Å². The molecule has 0 aliphatic rings. The van der Waals surface area contributed by atoms with Crippen molar-refractivity contribution in [3.8, 4) is 0 Å². The highest BCUT2D eigenvalue weighted by atomic mass is 79.9. The number of nitrogens with one attached hydrogen (secondary N) is 1. The highest BCUT2D eigenvalue weighted by Crippen LogP contribution is 2.02. The van der Waals surface area contributed by atoms with Crippen molar-refractivity contribution in [3.63, 3.8) is 0 Å². The Balaban J connectivity index is 2.64. The standard InChI is InChI=1S/C6H8BrN3O/c1-10-5(2-3-8-10)9-6(11)4-7/h2-3H,4H2,1H3,(H,9,11). The Morgan fingerprint density at radius 1 is 1.91 bits per heavy atom. The van der Waals surface area contributed by atoms with Crippen LogP contribution in [0.25, 0.3) is 0 Å². The molecular weight excluding hydrogens is 210 g/mol. The Bertz CT molecular complexity index is 258. The number of carbonyl (C=O) groups excluding carboxylic acids is 1. The van der Waals surface area contributed by atoms with Gasteiger partial charge in [-0.05, 0) is 0 Å². The van der Waals surface area contributed by atoms with Crippen molar-refractivity contribution >= 4 is 27.7 Å². The Morgan fingerprint density at radius 3 is 3.09 bits per heavy atom. The number of hydrogen-bond acceptors (Lipinski definition) is 2. The number of alkyl halides is 1. The average molecular weight is 218 g/mol. The summed E-state index contributed by atoms with van der Waals surface area (Å²) in [7, 11) is 1.77. The molecule has 0 bridgehead atoms. The minimum absolute atomic E-state index is 0.0754. The number of hydrogen-bond donors (Lipinski definition) is 1. The molecule has 1 aromatic rings. The molecule has 0 aromatic carbocycles. The fourth-order valence-corrected chi connectivity index (χ4v) is 0.813. The largest absolute Gasteiger partial charge is 0.310 e. The van der Waals surface area contributed by atoms with E-state index < -0.39 is 0 Å². The summed E-state index contributed by atoms with van der Waals surface area (Å²) in [4.78, 5) is 10.8. The molecule has 5 heteroatoms. The number of aryl methyl sites for hydroxylation is 1. The van der Waals surface area contributed by atoms with Crippen molar-refractivity contribution in [2.75, 3.05) is 10.6 Å². The molecule has 0 radical (unpaired) electrons. The SMILES string of the molecule is Cn1nccc1NC(=O)CBr. The van der Waals surface area contributed by atoms with Crippen LogP contribution >= 0.6 is 15.9 Å². The van der Waals surface area contributed by atoms with E-state index >= 15 is 0 Å². The first-order valence-electron chi connectivity index (χ1n) is 3.08. The molecule has 11 heavy (non-hydrogen) atoms. The fraction of sp³-hybridized carbons (Fsp3) is 0.333. The minimum atomic E-state index is -0.0754. The van der Waals surface area contributed by atoms with Crippen LogP contribution in [0.3, 0.4) is 0 Å². The molecule has 0 aliphatic carbocycles. The quantitative estimate of drug-likeness (QED) is 0.744. The lowest BCUT2D eigenvalue weighted by Crippen LogP contribution is -2.14. The van der Waals surface area contributed by atoms with Crippen molar-refractivity contribution < 1.29 is 4.79 Å². The van der Waals surface area contributed by atoms with E-state index in [1.165, 1.54) is 0 Å². The van der Waals surface area contributed by atoms with Crippen LogP contribution < -0.4 is 5.32 Å². The van der Waals surface area contributed by atoms with E-state index in [4.69, 9.17) is 0 Å². The number of halogens is 1. The topological polar surface area (TPSA) is 46.9 Å². The third kappa shape index (κ3) is 2.04. The molecular formula is C6H8BrN3O. The Kier molecular flexibility index (Phi) is 2.64. The van der Waals surface area contributed by atoms with Gasteiger partial charge in [-0.1, -0.05) is 15.9 Å². The monoisotopic (exact) mass is 217 g/mol. The summed E-state index contributed by atoms with van der Waals surface area (Å²) >= 11 is 3.04. The molecule has 1 amide bonds. The van der Waals surface area contributed by atoms with Gasteiger partial charge in [-0.15, -0.1) is 0 Å². The summed E-state index contributed by atoms with van der Waals surface area (Å²) < 4.78 is 1.60.